The van der Waals surface area contributed by atoms with Gasteiger partial charge in [0.1, 0.15) is 5.58 Å². The Bertz CT molecular complexity index is 929. The van der Waals surface area contributed by atoms with Crippen LogP contribution in [0.15, 0.2) is 65.3 Å². The normalized spacial score (nSPS) is 19.0. The zero-order valence-corrected chi connectivity index (χ0v) is 18.0. The van der Waals surface area contributed by atoms with Gasteiger partial charge in [-0.2, -0.15) is 0 Å². The molecule has 0 unspecified atom stereocenters. The molecule has 1 aliphatic heterocycles. The molecule has 2 heterocycles. The first-order valence-corrected chi connectivity index (χ1v) is 10.7. The Hall–Kier alpha value is -2.04. The Morgan fingerprint density at radius 2 is 1.62 bits per heavy atom. The molecule has 1 atom stereocenters. The van der Waals surface area contributed by atoms with Gasteiger partial charge in [0.15, 0.2) is 0 Å². The number of hydrogen-bond acceptors (Lipinski definition) is 3. The Morgan fingerprint density at radius 1 is 0.897 bits per heavy atom. The number of fused-ring (bicyclic) bond motifs is 1. The lowest BCUT2D eigenvalue weighted by Crippen LogP contribution is -2.41. The second kappa shape index (κ2) is 8.00. The van der Waals surface area contributed by atoms with Gasteiger partial charge < -0.3 is 13.7 Å². The molecule has 1 saturated heterocycles. The van der Waals surface area contributed by atoms with Crippen molar-refractivity contribution < 1.29 is 13.7 Å². The standard InChI is InChI=1S/C25H31BO3/c1-24(2)25(3,4)29-26(28-24)18-22(20-10-6-5-7-11-20)12-8-9-19-13-14-23-21(17-19)15-16-27-23/h5-7,10-11,13-17,22H,8-9,12,18H2,1-4H3/t22-/m0/s1. The molecule has 3 nitrogen and oxygen atoms in total. The molecule has 2 aromatic carbocycles. The summed E-state index contributed by atoms with van der Waals surface area (Å²) >= 11 is 0. The van der Waals surface area contributed by atoms with Crippen LogP contribution in [0.25, 0.3) is 11.0 Å². The smallest absolute Gasteiger partial charge is 0.458 e. The van der Waals surface area contributed by atoms with Crippen molar-refractivity contribution >= 4 is 18.1 Å². The van der Waals surface area contributed by atoms with Crippen molar-refractivity contribution in [3.63, 3.8) is 0 Å². The lowest BCUT2D eigenvalue weighted by molar-refractivity contribution is 0.00578. The second-order valence-electron chi connectivity index (χ2n) is 9.21. The minimum atomic E-state index is -0.279. The van der Waals surface area contributed by atoms with Crippen LogP contribution in [0, 0.1) is 0 Å². The summed E-state index contributed by atoms with van der Waals surface area (Å²) in [5, 5.41) is 1.18. The summed E-state index contributed by atoms with van der Waals surface area (Å²) in [7, 11) is -0.160. The van der Waals surface area contributed by atoms with Gasteiger partial charge in [-0.15, -0.1) is 0 Å². The number of rotatable bonds is 7. The van der Waals surface area contributed by atoms with Gasteiger partial charge >= 0.3 is 7.12 Å². The third-order valence-corrected chi connectivity index (χ3v) is 6.58. The van der Waals surface area contributed by atoms with Crippen molar-refractivity contribution in [2.75, 3.05) is 0 Å². The maximum Gasteiger partial charge on any atom is 0.458 e. The molecule has 1 aromatic heterocycles. The fourth-order valence-corrected chi connectivity index (χ4v) is 4.16. The summed E-state index contributed by atoms with van der Waals surface area (Å²) in [4.78, 5) is 0. The van der Waals surface area contributed by atoms with Gasteiger partial charge in [0, 0.05) is 5.39 Å². The van der Waals surface area contributed by atoms with Crippen LogP contribution in [0.2, 0.25) is 6.32 Å². The average molecular weight is 390 g/mol. The number of benzene rings is 2. The van der Waals surface area contributed by atoms with Crippen LogP contribution >= 0.6 is 0 Å². The fourth-order valence-electron chi connectivity index (χ4n) is 4.16. The number of aryl methyl sites for hydroxylation is 1. The van der Waals surface area contributed by atoms with Crippen LogP contribution in [0.3, 0.4) is 0 Å². The van der Waals surface area contributed by atoms with E-state index in [9.17, 15) is 0 Å². The van der Waals surface area contributed by atoms with Crippen molar-refractivity contribution in [3.05, 3.63) is 72.0 Å². The fraction of sp³-hybridized carbons (Fsp3) is 0.440. The topological polar surface area (TPSA) is 31.6 Å². The monoisotopic (exact) mass is 390 g/mol. The summed E-state index contributed by atoms with van der Waals surface area (Å²) in [6.07, 6.45) is 5.94. The predicted octanol–water partition coefficient (Wildman–Crippen LogP) is 6.63. The van der Waals surface area contributed by atoms with Gasteiger partial charge in [-0.05, 0) is 88.5 Å². The molecule has 0 bridgehead atoms. The van der Waals surface area contributed by atoms with Crippen LogP contribution in [0.4, 0.5) is 0 Å². The van der Waals surface area contributed by atoms with Crippen molar-refractivity contribution in [3.8, 4) is 0 Å². The van der Waals surface area contributed by atoms with Crippen molar-refractivity contribution in [2.24, 2.45) is 0 Å². The van der Waals surface area contributed by atoms with Gasteiger partial charge in [-0.3, -0.25) is 0 Å². The Balaban J connectivity index is 1.42. The SMILES string of the molecule is CC1(C)OB(C[C@H](CCCc2ccc3occc3c2)c2ccccc2)OC1(C)C. The molecule has 3 aromatic rings. The first-order chi connectivity index (χ1) is 13.8. The molecule has 0 amide bonds. The molecular formula is C25H31BO3. The summed E-state index contributed by atoms with van der Waals surface area (Å²) < 4.78 is 18.0. The molecule has 0 aliphatic carbocycles. The molecule has 0 radical (unpaired) electrons. The first kappa shape index (κ1) is 20.2. The van der Waals surface area contributed by atoms with E-state index in [4.69, 9.17) is 13.7 Å². The van der Waals surface area contributed by atoms with Crippen LogP contribution < -0.4 is 0 Å². The maximum atomic E-state index is 6.29. The third kappa shape index (κ3) is 4.44. The summed E-state index contributed by atoms with van der Waals surface area (Å²) in [5.41, 5.74) is 3.13. The van der Waals surface area contributed by atoms with Crippen LogP contribution in [0.5, 0.6) is 0 Å². The zero-order valence-electron chi connectivity index (χ0n) is 18.0. The van der Waals surface area contributed by atoms with Gasteiger partial charge in [-0.25, -0.2) is 0 Å². The quantitative estimate of drug-likeness (QED) is 0.424. The number of hydrogen-bond donors (Lipinski definition) is 0. The zero-order chi connectivity index (χ0) is 20.5. The van der Waals surface area contributed by atoms with E-state index in [-0.39, 0.29) is 18.3 Å². The van der Waals surface area contributed by atoms with Crippen molar-refractivity contribution in [1.82, 2.24) is 0 Å². The number of furan rings is 1. The highest BCUT2D eigenvalue weighted by Crippen LogP contribution is 2.40. The third-order valence-electron chi connectivity index (χ3n) is 6.58. The van der Waals surface area contributed by atoms with Crippen LogP contribution in [-0.4, -0.2) is 18.3 Å². The Labute approximate surface area is 174 Å². The molecule has 4 heteroatoms. The van der Waals surface area contributed by atoms with Gasteiger partial charge in [0.05, 0.1) is 17.5 Å². The highest BCUT2D eigenvalue weighted by Gasteiger charge is 2.51. The summed E-state index contributed by atoms with van der Waals surface area (Å²) in [6, 6.07) is 19.3. The maximum absolute atomic E-state index is 6.29. The molecule has 152 valence electrons. The Morgan fingerprint density at radius 3 is 2.34 bits per heavy atom. The summed E-state index contributed by atoms with van der Waals surface area (Å²) in [5.74, 6) is 0.420. The highest BCUT2D eigenvalue weighted by atomic mass is 16.7. The molecule has 1 fully saturated rings. The van der Waals surface area contributed by atoms with E-state index in [1.807, 2.05) is 6.07 Å². The molecule has 1 aliphatic rings. The van der Waals surface area contributed by atoms with Crippen LogP contribution in [0.1, 0.15) is 57.6 Å². The van der Waals surface area contributed by atoms with Crippen molar-refractivity contribution in [1.29, 1.82) is 0 Å². The van der Waals surface area contributed by atoms with E-state index in [2.05, 4.69) is 76.2 Å². The van der Waals surface area contributed by atoms with E-state index in [0.29, 0.717) is 5.92 Å². The van der Waals surface area contributed by atoms with Crippen LogP contribution in [-0.2, 0) is 15.7 Å². The van der Waals surface area contributed by atoms with E-state index in [1.165, 1.54) is 16.5 Å². The molecule has 0 spiro atoms. The predicted molar refractivity (Wildman–Crippen MR) is 119 cm³/mol. The molecule has 4 rings (SSSR count). The second-order valence-corrected chi connectivity index (χ2v) is 9.21. The minimum absolute atomic E-state index is 0.160. The Kier molecular flexibility index (Phi) is 5.59. The van der Waals surface area contributed by atoms with Gasteiger partial charge in [0.2, 0.25) is 0 Å². The van der Waals surface area contributed by atoms with E-state index < -0.39 is 0 Å². The lowest BCUT2D eigenvalue weighted by atomic mass is 9.73. The highest BCUT2D eigenvalue weighted by molar-refractivity contribution is 6.45. The molecular weight excluding hydrogens is 359 g/mol. The largest absolute Gasteiger partial charge is 0.464 e. The lowest BCUT2D eigenvalue weighted by Gasteiger charge is -2.32. The molecule has 29 heavy (non-hydrogen) atoms. The summed E-state index contributed by atoms with van der Waals surface area (Å²) in [6.45, 7) is 8.49. The van der Waals surface area contributed by atoms with Crippen molar-refractivity contribution in [2.45, 2.75) is 70.4 Å². The van der Waals surface area contributed by atoms with E-state index in [1.54, 1.807) is 6.26 Å². The molecule has 0 N–H and O–H groups in total. The average Bonchev–Trinajstić information content (AvgIpc) is 3.22. The van der Waals surface area contributed by atoms with Gasteiger partial charge in [0.25, 0.3) is 0 Å². The van der Waals surface area contributed by atoms with E-state index >= 15 is 0 Å². The molecule has 0 saturated carbocycles. The van der Waals surface area contributed by atoms with E-state index in [0.717, 1.165) is 31.2 Å². The van der Waals surface area contributed by atoms with Gasteiger partial charge in [-0.1, -0.05) is 36.4 Å². The first-order valence-electron chi connectivity index (χ1n) is 10.7. The minimum Gasteiger partial charge on any atom is -0.464 e.